The van der Waals surface area contributed by atoms with Crippen molar-refractivity contribution < 1.29 is 19.0 Å². The van der Waals surface area contributed by atoms with E-state index < -0.39 is 0 Å². The molecule has 0 spiro atoms. The predicted molar refractivity (Wildman–Crippen MR) is 92.0 cm³/mol. The van der Waals surface area contributed by atoms with E-state index in [0.29, 0.717) is 37.2 Å². The van der Waals surface area contributed by atoms with Crippen LogP contribution < -0.4 is 14.8 Å². The van der Waals surface area contributed by atoms with Gasteiger partial charge in [0.05, 0.1) is 18.9 Å². The van der Waals surface area contributed by atoms with Crippen molar-refractivity contribution in [2.45, 2.75) is 17.8 Å². The van der Waals surface area contributed by atoms with Gasteiger partial charge in [0.2, 0.25) is 5.91 Å². The van der Waals surface area contributed by atoms with Crippen molar-refractivity contribution in [2.75, 3.05) is 32.6 Å². The third-order valence-corrected chi connectivity index (χ3v) is 4.52. The number of para-hydroxylation sites is 2. The third kappa shape index (κ3) is 4.86. The van der Waals surface area contributed by atoms with Crippen molar-refractivity contribution in [3.05, 3.63) is 30.6 Å². The summed E-state index contributed by atoms with van der Waals surface area (Å²) in [5.74, 6) is 1.61. The molecule has 1 amide bonds. The number of aromatic nitrogens is 3. The largest absolute Gasteiger partial charge is 0.486 e. The van der Waals surface area contributed by atoms with Gasteiger partial charge in [-0.2, -0.15) is 0 Å². The van der Waals surface area contributed by atoms with E-state index in [0.717, 1.165) is 5.75 Å². The summed E-state index contributed by atoms with van der Waals surface area (Å²) in [5, 5.41) is 11.4. The lowest BCUT2D eigenvalue weighted by atomic mass is 10.2. The van der Waals surface area contributed by atoms with Crippen LogP contribution in [0.25, 0.3) is 0 Å². The highest BCUT2D eigenvalue weighted by atomic mass is 32.2. The van der Waals surface area contributed by atoms with Crippen LogP contribution in [-0.4, -0.2) is 59.4 Å². The maximum atomic E-state index is 12.0. The van der Waals surface area contributed by atoms with Gasteiger partial charge < -0.3 is 24.1 Å². The van der Waals surface area contributed by atoms with Crippen LogP contribution in [0, 0.1) is 0 Å². The molecular weight excluding hydrogens is 344 g/mol. The number of nitrogens with zero attached hydrogens (tertiary/aromatic N) is 3. The van der Waals surface area contributed by atoms with Crippen molar-refractivity contribution in [2.24, 2.45) is 0 Å². The van der Waals surface area contributed by atoms with Gasteiger partial charge in [0.1, 0.15) is 19.0 Å². The molecule has 1 aliphatic rings. The van der Waals surface area contributed by atoms with Crippen LogP contribution in [0.4, 0.5) is 0 Å². The quantitative estimate of drug-likeness (QED) is 0.699. The molecule has 1 aliphatic heterocycles. The number of rotatable bonds is 8. The Morgan fingerprint density at radius 3 is 3.12 bits per heavy atom. The molecule has 1 aromatic carbocycles. The maximum Gasteiger partial charge on any atom is 0.230 e. The highest BCUT2D eigenvalue weighted by molar-refractivity contribution is 7.99. The monoisotopic (exact) mass is 364 g/mol. The number of hydrogen-bond donors (Lipinski definition) is 1. The fraction of sp³-hybridized carbons (Fsp3) is 0.438. The van der Waals surface area contributed by atoms with Gasteiger partial charge in [-0.1, -0.05) is 23.9 Å². The van der Waals surface area contributed by atoms with Crippen LogP contribution in [0.1, 0.15) is 0 Å². The molecule has 0 unspecified atom stereocenters. The van der Waals surface area contributed by atoms with Gasteiger partial charge >= 0.3 is 0 Å². The van der Waals surface area contributed by atoms with Crippen molar-refractivity contribution in [1.29, 1.82) is 0 Å². The average molecular weight is 364 g/mol. The Balaban J connectivity index is 1.41. The Morgan fingerprint density at radius 2 is 2.28 bits per heavy atom. The smallest absolute Gasteiger partial charge is 0.230 e. The fourth-order valence-corrected chi connectivity index (χ4v) is 3.04. The zero-order valence-corrected chi connectivity index (χ0v) is 14.7. The minimum Gasteiger partial charge on any atom is -0.486 e. The molecule has 1 N–H and O–H groups in total. The van der Waals surface area contributed by atoms with E-state index in [1.54, 1.807) is 13.4 Å². The summed E-state index contributed by atoms with van der Waals surface area (Å²) in [6.45, 7) is 2.03. The maximum absolute atomic E-state index is 12.0. The summed E-state index contributed by atoms with van der Waals surface area (Å²) in [6.07, 6.45) is 1.43. The highest BCUT2D eigenvalue weighted by Gasteiger charge is 2.21. The lowest BCUT2D eigenvalue weighted by molar-refractivity contribution is -0.119. The summed E-state index contributed by atoms with van der Waals surface area (Å²) in [6, 6.07) is 7.50. The van der Waals surface area contributed by atoms with Crippen molar-refractivity contribution in [1.82, 2.24) is 20.1 Å². The Morgan fingerprint density at radius 1 is 1.44 bits per heavy atom. The molecule has 9 heteroatoms. The molecule has 2 heterocycles. The van der Waals surface area contributed by atoms with Gasteiger partial charge in [-0.3, -0.25) is 4.79 Å². The molecular formula is C16H20N4O4S. The second-order valence-corrected chi connectivity index (χ2v) is 6.33. The highest BCUT2D eigenvalue weighted by Crippen LogP contribution is 2.30. The zero-order chi connectivity index (χ0) is 17.5. The molecule has 1 atom stereocenters. The molecule has 0 saturated carbocycles. The first-order valence-electron chi connectivity index (χ1n) is 7.91. The molecule has 0 bridgehead atoms. The van der Waals surface area contributed by atoms with Gasteiger partial charge in [-0.05, 0) is 12.1 Å². The van der Waals surface area contributed by atoms with E-state index in [9.17, 15) is 4.79 Å². The normalized spacial score (nSPS) is 15.8. The summed E-state index contributed by atoms with van der Waals surface area (Å²) >= 11 is 1.34. The van der Waals surface area contributed by atoms with E-state index in [1.807, 2.05) is 28.8 Å². The van der Waals surface area contributed by atoms with Gasteiger partial charge in [-0.25, -0.2) is 0 Å². The number of carbonyl (C=O) groups is 1. The Labute approximate surface area is 149 Å². The third-order valence-electron chi connectivity index (χ3n) is 3.54. The van der Waals surface area contributed by atoms with Gasteiger partial charge in [0, 0.05) is 13.7 Å². The number of amides is 1. The van der Waals surface area contributed by atoms with Gasteiger partial charge in [0.15, 0.2) is 16.7 Å². The lowest BCUT2D eigenvalue weighted by Gasteiger charge is -2.26. The number of methoxy groups -OCH3 is 1. The standard InChI is InChI=1S/C16H20N4O4S/c1-22-7-6-20-11-18-19-16(20)25-10-15(21)17-8-12-9-23-13-4-2-3-5-14(13)24-12/h2-5,11-12H,6-10H2,1H3,(H,17,21)/t12-/m1/s1. The molecule has 0 radical (unpaired) electrons. The molecule has 8 nitrogen and oxygen atoms in total. The second-order valence-electron chi connectivity index (χ2n) is 5.39. The summed E-state index contributed by atoms with van der Waals surface area (Å²) in [4.78, 5) is 12.0. The first kappa shape index (κ1) is 17.6. The van der Waals surface area contributed by atoms with E-state index in [4.69, 9.17) is 14.2 Å². The summed E-state index contributed by atoms with van der Waals surface area (Å²) in [7, 11) is 1.64. The predicted octanol–water partition coefficient (Wildman–Crippen LogP) is 0.973. The topological polar surface area (TPSA) is 87.5 Å². The van der Waals surface area contributed by atoms with Crippen LogP contribution >= 0.6 is 11.8 Å². The number of benzene rings is 1. The van der Waals surface area contributed by atoms with E-state index in [-0.39, 0.29) is 17.8 Å². The van der Waals surface area contributed by atoms with Crippen LogP contribution in [0.15, 0.2) is 35.7 Å². The zero-order valence-electron chi connectivity index (χ0n) is 13.9. The number of carbonyl (C=O) groups excluding carboxylic acids is 1. The summed E-state index contributed by atoms with van der Waals surface area (Å²) < 4.78 is 18.3. The summed E-state index contributed by atoms with van der Waals surface area (Å²) in [5.41, 5.74) is 0. The van der Waals surface area contributed by atoms with Crippen molar-refractivity contribution >= 4 is 17.7 Å². The first-order chi connectivity index (χ1) is 12.3. The molecule has 3 rings (SSSR count). The number of fused-ring (bicyclic) bond motifs is 1. The molecule has 0 aliphatic carbocycles. The number of hydrogen-bond acceptors (Lipinski definition) is 7. The van der Waals surface area contributed by atoms with Crippen LogP contribution in [0.5, 0.6) is 11.5 Å². The SMILES string of the molecule is COCCn1cnnc1SCC(=O)NC[C@@H]1COc2ccccc2O1. The minimum absolute atomic E-state index is 0.0891. The van der Waals surface area contributed by atoms with Crippen LogP contribution in [-0.2, 0) is 16.1 Å². The van der Waals surface area contributed by atoms with Crippen LogP contribution in [0.2, 0.25) is 0 Å². The van der Waals surface area contributed by atoms with E-state index in [1.165, 1.54) is 11.8 Å². The van der Waals surface area contributed by atoms with Gasteiger partial charge in [-0.15, -0.1) is 10.2 Å². The molecule has 0 saturated heterocycles. The lowest BCUT2D eigenvalue weighted by Crippen LogP contribution is -2.41. The average Bonchev–Trinajstić information content (AvgIpc) is 3.10. The number of thioether (sulfide) groups is 1. The van der Waals surface area contributed by atoms with Crippen LogP contribution in [0.3, 0.4) is 0 Å². The van der Waals surface area contributed by atoms with E-state index in [2.05, 4.69) is 15.5 Å². The molecule has 134 valence electrons. The molecule has 25 heavy (non-hydrogen) atoms. The molecule has 0 fully saturated rings. The Kier molecular flexibility index (Phi) is 6.13. The molecule has 1 aromatic heterocycles. The van der Waals surface area contributed by atoms with Gasteiger partial charge in [0.25, 0.3) is 0 Å². The van der Waals surface area contributed by atoms with Crippen molar-refractivity contribution in [3.63, 3.8) is 0 Å². The second kappa shape index (κ2) is 8.72. The Hall–Kier alpha value is -2.26. The number of nitrogens with one attached hydrogen (secondary N) is 1. The molecule has 2 aromatic rings. The number of ether oxygens (including phenoxy) is 3. The minimum atomic E-state index is -0.200. The first-order valence-corrected chi connectivity index (χ1v) is 8.89. The Bertz CT molecular complexity index is 709. The van der Waals surface area contributed by atoms with E-state index >= 15 is 0 Å². The fourth-order valence-electron chi connectivity index (χ4n) is 2.27. The van der Waals surface area contributed by atoms with Crippen molar-refractivity contribution in [3.8, 4) is 11.5 Å².